The van der Waals surface area contributed by atoms with Crippen molar-refractivity contribution in [2.45, 2.75) is 63.8 Å². The Labute approximate surface area is 147 Å². The zero-order valence-corrected chi connectivity index (χ0v) is 14.7. The topological polar surface area (TPSA) is 77.1 Å². The van der Waals surface area contributed by atoms with Crippen LogP contribution >= 0.6 is 0 Å². The van der Waals surface area contributed by atoms with E-state index in [0.717, 1.165) is 32.2 Å². The van der Waals surface area contributed by atoms with E-state index < -0.39 is 0 Å². The molecule has 7 nitrogen and oxygen atoms in total. The third-order valence-electron chi connectivity index (χ3n) is 5.41. The van der Waals surface area contributed by atoms with Gasteiger partial charge in [-0.1, -0.05) is 24.4 Å². The molecule has 2 aromatic heterocycles. The van der Waals surface area contributed by atoms with Gasteiger partial charge in [0.15, 0.2) is 5.82 Å². The van der Waals surface area contributed by atoms with Gasteiger partial charge in [0, 0.05) is 32.1 Å². The summed E-state index contributed by atoms with van der Waals surface area (Å²) in [4.78, 5) is 19.1. The lowest BCUT2D eigenvalue weighted by Crippen LogP contribution is -2.39. The average Bonchev–Trinajstić information content (AvgIpc) is 3.31. The predicted molar refractivity (Wildman–Crippen MR) is 91.3 cm³/mol. The van der Waals surface area contributed by atoms with Crippen LogP contribution < -0.4 is 0 Å². The number of hydrogen-bond acceptors (Lipinski definition) is 5. The molecule has 0 N–H and O–H groups in total. The molecule has 1 aliphatic heterocycles. The molecule has 25 heavy (non-hydrogen) atoms. The van der Waals surface area contributed by atoms with Crippen LogP contribution in [0.5, 0.6) is 0 Å². The number of aryl methyl sites for hydroxylation is 1. The van der Waals surface area contributed by atoms with E-state index in [-0.39, 0.29) is 11.8 Å². The first-order valence-electron chi connectivity index (χ1n) is 9.34. The van der Waals surface area contributed by atoms with Crippen molar-refractivity contribution < 1.29 is 9.32 Å². The number of aromatic nitrogens is 4. The van der Waals surface area contributed by atoms with Gasteiger partial charge in [-0.3, -0.25) is 9.48 Å². The highest BCUT2D eigenvalue weighted by Gasteiger charge is 2.29. The van der Waals surface area contributed by atoms with Crippen molar-refractivity contribution in [2.75, 3.05) is 13.1 Å². The molecule has 2 fully saturated rings. The summed E-state index contributed by atoms with van der Waals surface area (Å²) in [5.74, 6) is 1.51. The lowest BCUT2D eigenvalue weighted by atomic mass is 9.96. The molecular weight excluding hydrogens is 318 g/mol. The second-order valence-electron chi connectivity index (χ2n) is 7.26. The fraction of sp³-hybridized carbons (Fsp3) is 0.667. The minimum Gasteiger partial charge on any atom is -0.340 e. The van der Waals surface area contributed by atoms with Gasteiger partial charge in [0.2, 0.25) is 5.89 Å². The van der Waals surface area contributed by atoms with Crippen molar-refractivity contribution in [1.29, 1.82) is 0 Å². The van der Waals surface area contributed by atoms with Gasteiger partial charge in [-0.2, -0.15) is 10.1 Å². The van der Waals surface area contributed by atoms with E-state index in [2.05, 4.69) is 15.2 Å². The SMILES string of the molecule is Cc1nc([C@@H]2CCCN(C(=O)c3cnn(C4CCCCC4)c3)C2)no1. The maximum atomic E-state index is 12.9. The van der Waals surface area contributed by atoms with Crippen molar-refractivity contribution in [2.24, 2.45) is 0 Å². The van der Waals surface area contributed by atoms with Gasteiger partial charge in [0.1, 0.15) is 0 Å². The summed E-state index contributed by atoms with van der Waals surface area (Å²) < 4.78 is 7.09. The Morgan fingerprint density at radius 2 is 2.04 bits per heavy atom. The minimum atomic E-state index is 0.0620. The summed E-state index contributed by atoms with van der Waals surface area (Å²) in [6, 6.07) is 0.451. The van der Waals surface area contributed by atoms with Crippen molar-refractivity contribution in [3.63, 3.8) is 0 Å². The van der Waals surface area contributed by atoms with E-state index in [9.17, 15) is 4.79 Å². The van der Waals surface area contributed by atoms with Crippen molar-refractivity contribution in [3.05, 3.63) is 29.7 Å². The van der Waals surface area contributed by atoms with Crippen LogP contribution in [0.2, 0.25) is 0 Å². The average molecular weight is 343 g/mol. The van der Waals surface area contributed by atoms with Crippen LogP contribution in [0.4, 0.5) is 0 Å². The number of hydrogen-bond donors (Lipinski definition) is 0. The molecule has 4 rings (SSSR count). The van der Waals surface area contributed by atoms with Crippen LogP contribution in [-0.2, 0) is 0 Å². The van der Waals surface area contributed by atoms with Gasteiger partial charge in [-0.25, -0.2) is 0 Å². The molecule has 1 saturated heterocycles. The van der Waals surface area contributed by atoms with E-state index in [1.165, 1.54) is 19.3 Å². The Bertz CT molecular complexity index is 731. The lowest BCUT2D eigenvalue weighted by Gasteiger charge is -2.31. The summed E-state index contributed by atoms with van der Waals surface area (Å²) in [6.07, 6.45) is 11.8. The third-order valence-corrected chi connectivity index (χ3v) is 5.41. The van der Waals surface area contributed by atoms with Gasteiger partial charge in [-0.15, -0.1) is 0 Å². The van der Waals surface area contributed by atoms with Gasteiger partial charge in [-0.05, 0) is 25.7 Å². The van der Waals surface area contributed by atoms with Crippen LogP contribution in [0, 0.1) is 6.92 Å². The molecule has 0 aromatic carbocycles. The zero-order chi connectivity index (χ0) is 17.2. The number of likely N-dealkylation sites (tertiary alicyclic amines) is 1. The maximum Gasteiger partial charge on any atom is 0.257 e. The van der Waals surface area contributed by atoms with E-state index in [4.69, 9.17) is 4.52 Å². The standard InChI is InChI=1S/C18H25N5O2/c1-13-20-17(21-25-13)14-6-5-9-22(11-14)18(24)15-10-19-23(12-15)16-7-3-2-4-8-16/h10,12,14,16H,2-9,11H2,1H3/t14-/m1/s1. The normalized spacial score (nSPS) is 22.3. The first-order valence-corrected chi connectivity index (χ1v) is 9.34. The summed E-state index contributed by atoms with van der Waals surface area (Å²) in [7, 11) is 0. The highest BCUT2D eigenvalue weighted by Crippen LogP contribution is 2.29. The van der Waals surface area contributed by atoms with Crippen LogP contribution in [0.15, 0.2) is 16.9 Å². The molecule has 0 unspecified atom stereocenters. The summed E-state index contributed by atoms with van der Waals surface area (Å²) in [5.41, 5.74) is 0.690. The molecule has 1 aliphatic carbocycles. The smallest absolute Gasteiger partial charge is 0.257 e. The molecule has 0 radical (unpaired) electrons. The zero-order valence-electron chi connectivity index (χ0n) is 14.7. The maximum absolute atomic E-state index is 12.9. The second kappa shape index (κ2) is 6.98. The van der Waals surface area contributed by atoms with E-state index in [0.29, 0.717) is 29.9 Å². The predicted octanol–water partition coefficient (Wildman–Crippen LogP) is 3.10. The Kier molecular flexibility index (Phi) is 4.55. The van der Waals surface area contributed by atoms with Gasteiger partial charge in [0.05, 0.1) is 17.8 Å². The van der Waals surface area contributed by atoms with E-state index in [1.807, 2.05) is 15.8 Å². The first kappa shape index (κ1) is 16.3. The molecular formula is C18H25N5O2. The lowest BCUT2D eigenvalue weighted by molar-refractivity contribution is 0.0703. The number of carbonyl (C=O) groups is 1. The van der Waals surface area contributed by atoms with Crippen LogP contribution in [0.3, 0.4) is 0 Å². The highest BCUT2D eigenvalue weighted by molar-refractivity contribution is 5.93. The fourth-order valence-corrected chi connectivity index (χ4v) is 4.03. The Balaban J connectivity index is 1.44. The summed E-state index contributed by atoms with van der Waals surface area (Å²) in [5, 5.41) is 8.50. The van der Waals surface area contributed by atoms with Gasteiger partial charge >= 0.3 is 0 Å². The molecule has 134 valence electrons. The minimum absolute atomic E-state index is 0.0620. The molecule has 3 heterocycles. The molecule has 1 atom stereocenters. The summed E-state index contributed by atoms with van der Waals surface area (Å²) >= 11 is 0. The number of amides is 1. The Morgan fingerprint density at radius 1 is 1.20 bits per heavy atom. The number of piperidine rings is 1. The first-order chi connectivity index (χ1) is 12.2. The molecule has 0 spiro atoms. The number of nitrogens with zero attached hydrogens (tertiary/aromatic N) is 5. The molecule has 2 aliphatic rings. The van der Waals surface area contributed by atoms with E-state index >= 15 is 0 Å². The number of carbonyl (C=O) groups excluding carboxylic acids is 1. The van der Waals surface area contributed by atoms with Crippen LogP contribution in [0.1, 0.15) is 79.0 Å². The number of rotatable bonds is 3. The Hall–Kier alpha value is -2.18. The van der Waals surface area contributed by atoms with Crippen LogP contribution in [0.25, 0.3) is 0 Å². The van der Waals surface area contributed by atoms with Crippen molar-refractivity contribution in [1.82, 2.24) is 24.8 Å². The largest absolute Gasteiger partial charge is 0.340 e. The van der Waals surface area contributed by atoms with Gasteiger partial charge in [0.25, 0.3) is 5.91 Å². The van der Waals surface area contributed by atoms with Gasteiger partial charge < -0.3 is 9.42 Å². The Morgan fingerprint density at radius 3 is 2.80 bits per heavy atom. The second-order valence-corrected chi connectivity index (χ2v) is 7.26. The molecule has 1 amide bonds. The third kappa shape index (κ3) is 3.45. The highest BCUT2D eigenvalue weighted by atomic mass is 16.5. The van der Waals surface area contributed by atoms with Crippen LogP contribution in [-0.4, -0.2) is 43.8 Å². The molecule has 1 saturated carbocycles. The summed E-state index contributed by atoms with van der Waals surface area (Å²) in [6.45, 7) is 3.22. The fourth-order valence-electron chi connectivity index (χ4n) is 4.03. The van der Waals surface area contributed by atoms with Crippen molar-refractivity contribution >= 4 is 5.91 Å². The molecule has 7 heteroatoms. The van der Waals surface area contributed by atoms with Crippen molar-refractivity contribution in [3.8, 4) is 0 Å². The monoisotopic (exact) mass is 343 g/mol. The molecule has 0 bridgehead atoms. The molecule has 2 aromatic rings. The van der Waals surface area contributed by atoms with E-state index in [1.54, 1.807) is 13.1 Å². The quantitative estimate of drug-likeness (QED) is 0.856.